The molecule has 1 rings (SSSR count). The monoisotopic (exact) mass is 196 g/mol. The molecule has 0 saturated carbocycles. The van der Waals surface area contributed by atoms with Gasteiger partial charge in [-0.05, 0) is 24.6 Å². The van der Waals surface area contributed by atoms with Gasteiger partial charge >= 0.3 is 0 Å². The fraction of sp³-hybridized carbons (Fsp3) is 0.455. The molecule has 0 radical (unpaired) electrons. The highest BCUT2D eigenvalue weighted by Gasteiger charge is 2.05. The van der Waals surface area contributed by atoms with Crippen molar-refractivity contribution in [2.45, 2.75) is 19.8 Å². The highest BCUT2D eigenvalue weighted by molar-refractivity contribution is 5.67. The predicted molar refractivity (Wildman–Crippen MR) is 59.0 cm³/mol. The van der Waals surface area contributed by atoms with Crippen LogP contribution in [0.2, 0.25) is 0 Å². The third kappa shape index (κ3) is 2.62. The first-order valence-electron chi connectivity index (χ1n) is 4.91. The van der Waals surface area contributed by atoms with E-state index < -0.39 is 0 Å². The zero-order valence-corrected chi connectivity index (χ0v) is 8.76. The lowest BCUT2D eigenvalue weighted by Crippen LogP contribution is -2.19. The Morgan fingerprint density at radius 1 is 1.43 bits per heavy atom. The van der Waals surface area contributed by atoms with Gasteiger partial charge in [0.15, 0.2) is 0 Å². The van der Waals surface area contributed by atoms with E-state index in [2.05, 4.69) is 6.92 Å². The molecular weight excluding hydrogens is 179 g/mol. The van der Waals surface area contributed by atoms with E-state index in [9.17, 15) is 4.39 Å². The molecule has 0 aromatic heterocycles. The molecule has 0 spiro atoms. The molecule has 2 N–H and O–H groups in total. The van der Waals surface area contributed by atoms with Crippen LogP contribution in [-0.4, -0.2) is 13.6 Å². The summed E-state index contributed by atoms with van der Waals surface area (Å²) in [5.74, 6) is -0.238. The fourth-order valence-electron chi connectivity index (χ4n) is 1.36. The molecule has 0 saturated heterocycles. The Labute approximate surface area is 84.5 Å². The van der Waals surface area contributed by atoms with Crippen LogP contribution in [0.25, 0.3) is 0 Å². The first-order chi connectivity index (χ1) is 6.65. The van der Waals surface area contributed by atoms with Crippen LogP contribution in [0.3, 0.4) is 0 Å². The van der Waals surface area contributed by atoms with Crippen LogP contribution in [0.5, 0.6) is 0 Å². The van der Waals surface area contributed by atoms with Crippen molar-refractivity contribution >= 4 is 11.4 Å². The molecule has 0 aliphatic rings. The largest absolute Gasteiger partial charge is 0.397 e. The second-order valence-electron chi connectivity index (χ2n) is 3.48. The van der Waals surface area contributed by atoms with E-state index in [4.69, 9.17) is 5.73 Å². The molecule has 0 aliphatic carbocycles. The van der Waals surface area contributed by atoms with E-state index in [-0.39, 0.29) is 5.82 Å². The number of nitrogens with two attached hydrogens (primary N) is 1. The minimum atomic E-state index is -0.238. The molecule has 0 heterocycles. The minimum Gasteiger partial charge on any atom is -0.397 e. The fourth-order valence-corrected chi connectivity index (χ4v) is 1.36. The molecule has 0 amide bonds. The molecule has 0 bridgehead atoms. The number of hydrogen-bond acceptors (Lipinski definition) is 2. The van der Waals surface area contributed by atoms with Gasteiger partial charge < -0.3 is 10.6 Å². The molecule has 0 atom stereocenters. The van der Waals surface area contributed by atoms with Crippen LogP contribution in [0.4, 0.5) is 15.8 Å². The van der Waals surface area contributed by atoms with Gasteiger partial charge in [-0.1, -0.05) is 13.3 Å². The zero-order chi connectivity index (χ0) is 10.6. The van der Waals surface area contributed by atoms with Crippen molar-refractivity contribution in [1.29, 1.82) is 0 Å². The lowest BCUT2D eigenvalue weighted by atomic mass is 10.2. The Morgan fingerprint density at radius 3 is 2.79 bits per heavy atom. The van der Waals surface area contributed by atoms with E-state index in [1.165, 1.54) is 12.1 Å². The molecular formula is C11H17FN2. The van der Waals surface area contributed by atoms with Crippen molar-refractivity contribution < 1.29 is 4.39 Å². The predicted octanol–water partition coefficient (Wildman–Crippen LogP) is 2.64. The van der Waals surface area contributed by atoms with Gasteiger partial charge in [-0.15, -0.1) is 0 Å². The summed E-state index contributed by atoms with van der Waals surface area (Å²) in [5, 5.41) is 0. The van der Waals surface area contributed by atoms with Crippen molar-refractivity contribution in [1.82, 2.24) is 0 Å². The Bertz CT molecular complexity index is 299. The number of rotatable bonds is 4. The van der Waals surface area contributed by atoms with Crippen molar-refractivity contribution in [2.24, 2.45) is 0 Å². The van der Waals surface area contributed by atoms with Gasteiger partial charge in [0, 0.05) is 13.6 Å². The van der Waals surface area contributed by atoms with Gasteiger partial charge in [-0.3, -0.25) is 0 Å². The first kappa shape index (κ1) is 10.8. The second kappa shape index (κ2) is 4.84. The maximum Gasteiger partial charge on any atom is 0.125 e. The Hall–Kier alpha value is -1.25. The Kier molecular flexibility index (Phi) is 3.74. The molecule has 14 heavy (non-hydrogen) atoms. The summed E-state index contributed by atoms with van der Waals surface area (Å²) >= 11 is 0. The van der Waals surface area contributed by atoms with E-state index in [0.29, 0.717) is 5.69 Å². The van der Waals surface area contributed by atoms with Gasteiger partial charge in [0.1, 0.15) is 5.82 Å². The first-order valence-corrected chi connectivity index (χ1v) is 4.91. The summed E-state index contributed by atoms with van der Waals surface area (Å²) in [6.45, 7) is 3.03. The van der Waals surface area contributed by atoms with Gasteiger partial charge in [0.05, 0.1) is 11.4 Å². The standard InChI is InChI=1S/C11H17FN2/c1-3-4-7-14(2)11-8-9(12)5-6-10(11)13/h5-6,8H,3-4,7,13H2,1-2H3. The molecule has 0 fully saturated rings. The van der Waals surface area contributed by atoms with Gasteiger partial charge in [0.25, 0.3) is 0 Å². The summed E-state index contributed by atoms with van der Waals surface area (Å²) < 4.78 is 12.9. The Balaban J connectivity index is 2.77. The quantitative estimate of drug-likeness (QED) is 0.750. The van der Waals surface area contributed by atoms with Crippen LogP contribution in [0.15, 0.2) is 18.2 Å². The average molecular weight is 196 g/mol. The van der Waals surface area contributed by atoms with E-state index in [1.54, 1.807) is 6.07 Å². The smallest absolute Gasteiger partial charge is 0.125 e. The maximum atomic E-state index is 12.9. The van der Waals surface area contributed by atoms with Crippen molar-refractivity contribution in [2.75, 3.05) is 24.2 Å². The van der Waals surface area contributed by atoms with Gasteiger partial charge in [-0.2, -0.15) is 0 Å². The summed E-state index contributed by atoms with van der Waals surface area (Å²) in [6.07, 6.45) is 2.21. The van der Waals surface area contributed by atoms with E-state index in [0.717, 1.165) is 25.1 Å². The average Bonchev–Trinajstić information content (AvgIpc) is 2.18. The third-order valence-corrected chi connectivity index (χ3v) is 2.25. The van der Waals surface area contributed by atoms with Crippen LogP contribution in [-0.2, 0) is 0 Å². The maximum absolute atomic E-state index is 12.9. The molecule has 1 aromatic carbocycles. The van der Waals surface area contributed by atoms with Crippen molar-refractivity contribution in [3.8, 4) is 0 Å². The molecule has 3 heteroatoms. The number of benzene rings is 1. The van der Waals surface area contributed by atoms with E-state index in [1.807, 2.05) is 11.9 Å². The van der Waals surface area contributed by atoms with Crippen molar-refractivity contribution in [3.63, 3.8) is 0 Å². The molecule has 0 aliphatic heterocycles. The lowest BCUT2D eigenvalue weighted by Gasteiger charge is -2.20. The van der Waals surface area contributed by atoms with Crippen LogP contribution in [0.1, 0.15) is 19.8 Å². The van der Waals surface area contributed by atoms with Crippen LogP contribution in [0, 0.1) is 5.82 Å². The number of nitrogen functional groups attached to an aromatic ring is 1. The third-order valence-electron chi connectivity index (χ3n) is 2.25. The lowest BCUT2D eigenvalue weighted by molar-refractivity contribution is 0.627. The summed E-state index contributed by atoms with van der Waals surface area (Å²) in [7, 11) is 1.93. The zero-order valence-electron chi connectivity index (χ0n) is 8.76. The van der Waals surface area contributed by atoms with Gasteiger partial charge in [0.2, 0.25) is 0 Å². The second-order valence-corrected chi connectivity index (χ2v) is 3.48. The SMILES string of the molecule is CCCCN(C)c1cc(F)ccc1N. The van der Waals surface area contributed by atoms with E-state index >= 15 is 0 Å². The van der Waals surface area contributed by atoms with Crippen LogP contribution >= 0.6 is 0 Å². The number of hydrogen-bond donors (Lipinski definition) is 1. The number of halogens is 1. The minimum absolute atomic E-state index is 0.238. The summed E-state index contributed by atoms with van der Waals surface area (Å²) in [5.41, 5.74) is 7.16. The highest BCUT2D eigenvalue weighted by Crippen LogP contribution is 2.23. The summed E-state index contributed by atoms with van der Waals surface area (Å²) in [6, 6.07) is 4.46. The van der Waals surface area contributed by atoms with Gasteiger partial charge in [-0.25, -0.2) is 4.39 Å². The molecule has 0 unspecified atom stereocenters. The topological polar surface area (TPSA) is 29.3 Å². The molecule has 2 nitrogen and oxygen atoms in total. The number of unbranched alkanes of at least 4 members (excludes halogenated alkanes) is 1. The van der Waals surface area contributed by atoms with Crippen LogP contribution < -0.4 is 10.6 Å². The van der Waals surface area contributed by atoms with Crippen molar-refractivity contribution in [3.05, 3.63) is 24.0 Å². The Morgan fingerprint density at radius 2 is 2.14 bits per heavy atom. The number of anilines is 2. The normalized spacial score (nSPS) is 10.2. The summed E-state index contributed by atoms with van der Waals surface area (Å²) in [4.78, 5) is 1.99. The molecule has 78 valence electrons. The highest BCUT2D eigenvalue weighted by atomic mass is 19.1. The number of nitrogens with zero attached hydrogens (tertiary/aromatic N) is 1. The molecule has 1 aromatic rings.